The summed E-state index contributed by atoms with van der Waals surface area (Å²) in [6, 6.07) is 22.3. The van der Waals surface area contributed by atoms with E-state index in [1.165, 1.54) is 0 Å². The van der Waals surface area contributed by atoms with Gasteiger partial charge in [-0.1, -0.05) is 42.0 Å². The highest BCUT2D eigenvalue weighted by Gasteiger charge is 2.41. The molecule has 1 aliphatic heterocycles. The van der Waals surface area contributed by atoms with Crippen molar-refractivity contribution in [3.8, 4) is 17.2 Å². The molecule has 1 heterocycles. The molecule has 2 unspecified atom stereocenters. The van der Waals surface area contributed by atoms with Crippen LogP contribution < -0.4 is 24.4 Å². The smallest absolute Gasteiger partial charge is 0.227 e. The molecule has 36 heavy (non-hydrogen) atoms. The minimum Gasteiger partial charge on any atom is -0.493 e. The lowest BCUT2D eigenvalue weighted by atomic mass is 9.83. The number of nitrogens with zero attached hydrogens (tertiary/aromatic N) is 1. The molecule has 3 aromatic rings. The van der Waals surface area contributed by atoms with Crippen molar-refractivity contribution in [2.45, 2.75) is 25.8 Å². The zero-order valence-electron chi connectivity index (χ0n) is 20.9. The Bertz CT molecular complexity index is 1180. The Morgan fingerprint density at radius 2 is 1.69 bits per heavy atom. The SMILES string of the molecule is COc1ccc(C2C(C(=O)NCCOc3ccccc3)CCC(=O)N2c2ccc(C)cc2)cc1OC. The Morgan fingerprint density at radius 1 is 0.972 bits per heavy atom. The molecule has 2 amide bonds. The molecule has 0 radical (unpaired) electrons. The van der Waals surface area contributed by atoms with Crippen molar-refractivity contribution in [3.63, 3.8) is 0 Å². The van der Waals surface area contributed by atoms with Crippen LogP contribution in [0.4, 0.5) is 5.69 Å². The number of hydrogen-bond acceptors (Lipinski definition) is 5. The second kappa shape index (κ2) is 11.6. The van der Waals surface area contributed by atoms with E-state index in [0.717, 1.165) is 22.6 Å². The summed E-state index contributed by atoms with van der Waals surface area (Å²) in [5.41, 5.74) is 2.66. The molecule has 0 saturated carbocycles. The van der Waals surface area contributed by atoms with Crippen molar-refractivity contribution in [3.05, 3.63) is 83.9 Å². The van der Waals surface area contributed by atoms with Crippen LogP contribution in [0.5, 0.6) is 17.2 Å². The van der Waals surface area contributed by atoms with E-state index in [4.69, 9.17) is 14.2 Å². The first kappa shape index (κ1) is 25.1. The molecule has 7 heteroatoms. The van der Waals surface area contributed by atoms with Crippen molar-refractivity contribution in [1.29, 1.82) is 0 Å². The van der Waals surface area contributed by atoms with Gasteiger partial charge in [-0.05, 0) is 55.3 Å². The standard InChI is InChI=1S/C29H32N2O5/c1-20-9-12-22(13-10-20)31-27(32)16-14-24(28(31)21-11-15-25(34-2)26(19-21)35-3)29(33)30-17-18-36-23-7-5-4-6-8-23/h4-13,15,19,24,28H,14,16-18H2,1-3H3,(H,30,33). The first-order valence-electron chi connectivity index (χ1n) is 12.1. The van der Waals surface area contributed by atoms with Gasteiger partial charge in [0.1, 0.15) is 12.4 Å². The van der Waals surface area contributed by atoms with Crippen LogP contribution in [-0.2, 0) is 9.59 Å². The van der Waals surface area contributed by atoms with Gasteiger partial charge in [-0.15, -0.1) is 0 Å². The summed E-state index contributed by atoms with van der Waals surface area (Å²) >= 11 is 0. The summed E-state index contributed by atoms with van der Waals surface area (Å²) in [7, 11) is 3.15. The van der Waals surface area contributed by atoms with Crippen molar-refractivity contribution >= 4 is 17.5 Å². The van der Waals surface area contributed by atoms with Gasteiger partial charge in [0.05, 0.1) is 32.7 Å². The number of ether oxygens (including phenoxy) is 3. The number of rotatable bonds is 9. The molecule has 2 atom stereocenters. The molecular formula is C29H32N2O5. The van der Waals surface area contributed by atoms with Gasteiger partial charge in [0.2, 0.25) is 11.8 Å². The lowest BCUT2D eigenvalue weighted by Crippen LogP contribution is -2.48. The van der Waals surface area contributed by atoms with E-state index >= 15 is 0 Å². The minimum absolute atomic E-state index is 0.0184. The fourth-order valence-corrected chi connectivity index (χ4v) is 4.59. The summed E-state index contributed by atoms with van der Waals surface area (Å²) in [5, 5.41) is 3.01. The maximum atomic E-state index is 13.4. The Labute approximate surface area is 212 Å². The molecule has 7 nitrogen and oxygen atoms in total. The van der Waals surface area contributed by atoms with Crippen molar-refractivity contribution in [1.82, 2.24) is 5.32 Å². The number of carbonyl (C=O) groups is 2. The predicted molar refractivity (Wildman–Crippen MR) is 139 cm³/mol. The number of para-hydroxylation sites is 1. The predicted octanol–water partition coefficient (Wildman–Crippen LogP) is 4.69. The third-order valence-corrected chi connectivity index (χ3v) is 6.41. The first-order valence-corrected chi connectivity index (χ1v) is 12.1. The molecule has 0 aliphatic carbocycles. The fourth-order valence-electron chi connectivity index (χ4n) is 4.59. The van der Waals surface area contributed by atoms with Gasteiger partial charge in [-0.2, -0.15) is 0 Å². The Morgan fingerprint density at radius 3 is 2.39 bits per heavy atom. The van der Waals surface area contributed by atoms with Crippen LogP contribution in [0.3, 0.4) is 0 Å². The number of methoxy groups -OCH3 is 2. The molecule has 188 valence electrons. The van der Waals surface area contributed by atoms with Crippen molar-refractivity contribution in [2.24, 2.45) is 5.92 Å². The van der Waals surface area contributed by atoms with Crippen LogP contribution in [0.25, 0.3) is 0 Å². The van der Waals surface area contributed by atoms with E-state index in [0.29, 0.717) is 31.1 Å². The van der Waals surface area contributed by atoms with Crippen LogP contribution in [-0.4, -0.2) is 39.2 Å². The number of nitrogens with one attached hydrogen (secondary N) is 1. The highest BCUT2D eigenvalue weighted by atomic mass is 16.5. The van der Waals surface area contributed by atoms with Crippen LogP contribution in [0.2, 0.25) is 0 Å². The normalized spacial score (nSPS) is 17.4. The van der Waals surface area contributed by atoms with Gasteiger partial charge >= 0.3 is 0 Å². The Kier molecular flexibility index (Phi) is 8.10. The summed E-state index contributed by atoms with van der Waals surface area (Å²) in [6.07, 6.45) is 0.738. The summed E-state index contributed by atoms with van der Waals surface area (Å²) in [6.45, 7) is 2.72. The largest absolute Gasteiger partial charge is 0.493 e. The van der Waals surface area contributed by atoms with Gasteiger partial charge in [0, 0.05) is 12.1 Å². The Hall–Kier alpha value is -4.00. The topological polar surface area (TPSA) is 77.1 Å². The number of carbonyl (C=O) groups excluding carboxylic acids is 2. The van der Waals surface area contributed by atoms with Gasteiger partial charge in [-0.3, -0.25) is 9.59 Å². The zero-order valence-corrected chi connectivity index (χ0v) is 20.9. The van der Waals surface area contributed by atoms with Gasteiger partial charge in [0.15, 0.2) is 11.5 Å². The lowest BCUT2D eigenvalue weighted by molar-refractivity contribution is -0.129. The number of amides is 2. The summed E-state index contributed by atoms with van der Waals surface area (Å²) in [5.74, 6) is 1.31. The average molecular weight is 489 g/mol. The third-order valence-electron chi connectivity index (χ3n) is 6.41. The van der Waals surface area contributed by atoms with Gasteiger partial charge < -0.3 is 24.4 Å². The molecule has 0 bridgehead atoms. The highest BCUT2D eigenvalue weighted by Crippen LogP contribution is 2.42. The van der Waals surface area contributed by atoms with Crippen LogP contribution in [0.15, 0.2) is 72.8 Å². The van der Waals surface area contributed by atoms with Crippen LogP contribution in [0, 0.1) is 12.8 Å². The Balaban J connectivity index is 1.60. The molecule has 1 N–H and O–H groups in total. The van der Waals surface area contributed by atoms with Gasteiger partial charge in [0.25, 0.3) is 0 Å². The molecule has 1 saturated heterocycles. The second-order valence-electron chi connectivity index (χ2n) is 8.76. The lowest BCUT2D eigenvalue weighted by Gasteiger charge is -2.41. The van der Waals surface area contributed by atoms with Crippen molar-refractivity contribution < 1.29 is 23.8 Å². The molecule has 4 rings (SSSR count). The monoisotopic (exact) mass is 488 g/mol. The van der Waals surface area contributed by atoms with Crippen molar-refractivity contribution in [2.75, 3.05) is 32.3 Å². The minimum atomic E-state index is -0.496. The first-order chi connectivity index (χ1) is 17.5. The quantitative estimate of drug-likeness (QED) is 0.442. The van der Waals surface area contributed by atoms with E-state index in [-0.39, 0.29) is 18.2 Å². The molecule has 1 fully saturated rings. The maximum Gasteiger partial charge on any atom is 0.227 e. The number of aryl methyl sites for hydroxylation is 1. The molecule has 3 aromatic carbocycles. The second-order valence-corrected chi connectivity index (χ2v) is 8.76. The number of piperidine rings is 1. The van der Waals surface area contributed by atoms with E-state index in [2.05, 4.69) is 5.32 Å². The summed E-state index contributed by atoms with van der Waals surface area (Å²) in [4.78, 5) is 28.4. The third kappa shape index (κ3) is 5.62. The molecular weight excluding hydrogens is 456 g/mol. The zero-order chi connectivity index (χ0) is 25.5. The molecule has 0 aromatic heterocycles. The van der Waals surface area contributed by atoms with E-state index in [1.807, 2.05) is 79.7 Å². The summed E-state index contributed by atoms with van der Waals surface area (Å²) < 4.78 is 16.6. The number of hydrogen-bond donors (Lipinski definition) is 1. The van der Waals surface area contributed by atoms with Gasteiger partial charge in [-0.25, -0.2) is 0 Å². The van der Waals surface area contributed by atoms with E-state index in [9.17, 15) is 9.59 Å². The average Bonchev–Trinajstić information content (AvgIpc) is 2.91. The number of benzene rings is 3. The highest BCUT2D eigenvalue weighted by molar-refractivity contribution is 5.97. The molecule has 1 aliphatic rings. The number of anilines is 1. The van der Waals surface area contributed by atoms with E-state index < -0.39 is 12.0 Å². The fraction of sp³-hybridized carbons (Fsp3) is 0.310. The van der Waals surface area contributed by atoms with Crippen LogP contribution in [0.1, 0.15) is 30.0 Å². The molecule has 0 spiro atoms. The van der Waals surface area contributed by atoms with E-state index in [1.54, 1.807) is 19.1 Å². The maximum absolute atomic E-state index is 13.4. The van der Waals surface area contributed by atoms with Crippen LogP contribution >= 0.6 is 0 Å².